The van der Waals surface area contributed by atoms with Crippen molar-refractivity contribution < 1.29 is 9.18 Å². The first-order chi connectivity index (χ1) is 9.74. The van der Waals surface area contributed by atoms with Crippen LogP contribution in [0.25, 0.3) is 10.9 Å². The molecule has 1 N–H and O–H groups in total. The number of nitrogens with zero attached hydrogens (tertiary/aromatic N) is 1. The van der Waals surface area contributed by atoms with E-state index in [9.17, 15) is 9.18 Å². The Morgan fingerprint density at radius 1 is 1.00 bits per heavy atom. The van der Waals surface area contributed by atoms with Gasteiger partial charge in [-0.25, -0.2) is 4.39 Å². The Morgan fingerprint density at radius 2 is 1.75 bits per heavy atom. The Hall–Kier alpha value is -2.75. The number of hydrogen-bond acceptors (Lipinski definition) is 2. The number of rotatable bonds is 2. The lowest BCUT2D eigenvalue weighted by Crippen LogP contribution is -2.12. The van der Waals surface area contributed by atoms with Gasteiger partial charge in [-0.3, -0.25) is 9.78 Å². The highest BCUT2D eigenvalue weighted by Gasteiger charge is 2.10. The average molecular weight is 266 g/mol. The molecule has 20 heavy (non-hydrogen) atoms. The number of benzene rings is 2. The highest BCUT2D eigenvalue weighted by molar-refractivity contribution is 6.12. The first-order valence-electron chi connectivity index (χ1n) is 6.15. The number of anilines is 1. The van der Waals surface area contributed by atoms with E-state index in [1.807, 2.05) is 24.3 Å². The summed E-state index contributed by atoms with van der Waals surface area (Å²) >= 11 is 0. The van der Waals surface area contributed by atoms with Crippen LogP contribution in [0, 0.1) is 5.82 Å². The van der Waals surface area contributed by atoms with Gasteiger partial charge >= 0.3 is 0 Å². The highest BCUT2D eigenvalue weighted by atomic mass is 19.1. The molecular formula is C16H11FN2O. The van der Waals surface area contributed by atoms with Gasteiger partial charge in [0.05, 0.1) is 11.1 Å². The molecule has 0 aliphatic rings. The summed E-state index contributed by atoms with van der Waals surface area (Å²) in [6.45, 7) is 0. The van der Waals surface area contributed by atoms with E-state index in [2.05, 4.69) is 10.3 Å². The topological polar surface area (TPSA) is 42.0 Å². The van der Waals surface area contributed by atoms with Crippen LogP contribution in [0.15, 0.2) is 60.8 Å². The molecule has 0 spiro atoms. The molecule has 0 aliphatic carbocycles. The molecule has 0 fully saturated rings. The SMILES string of the molecule is O=C(Nc1ccc(F)cc1)c1ccnc2ccccc12. The third-order valence-corrected chi connectivity index (χ3v) is 3.00. The van der Waals surface area contributed by atoms with E-state index in [0.717, 1.165) is 10.9 Å². The molecule has 1 heterocycles. The van der Waals surface area contributed by atoms with E-state index in [-0.39, 0.29) is 11.7 Å². The van der Waals surface area contributed by atoms with Crippen LogP contribution in [0.1, 0.15) is 10.4 Å². The smallest absolute Gasteiger partial charge is 0.256 e. The number of para-hydroxylation sites is 1. The maximum absolute atomic E-state index is 12.8. The Kier molecular flexibility index (Phi) is 3.13. The molecule has 0 unspecified atom stereocenters. The third kappa shape index (κ3) is 2.36. The van der Waals surface area contributed by atoms with Crippen molar-refractivity contribution in [3.8, 4) is 0 Å². The molecule has 0 saturated carbocycles. The summed E-state index contributed by atoms with van der Waals surface area (Å²) in [5, 5.41) is 3.53. The first kappa shape index (κ1) is 12.3. The molecule has 3 nitrogen and oxygen atoms in total. The first-order valence-corrected chi connectivity index (χ1v) is 6.15. The minimum Gasteiger partial charge on any atom is -0.322 e. The van der Waals surface area contributed by atoms with Crippen LogP contribution in [-0.4, -0.2) is 10.9 Å². The maximum Gasteiger partial charge on any atom is 0.256 e. The summed E-state index contributed by atoms with van der Waals surface area (Å²) < 4.78 is 12.8. The summed E-state index contributed by atoms with van der Waals surface area (Å²) in [4.78, 5) is 16.5. The number of hydrogen-bond donors (Lipinski definition) is 1. The predicted molar refractivity (Wildman–Crippen MR) is 76.1 cm³/mol. The van der Waals surface area contributed by atoms with Gasteiger partial charge in [-0.2, -0.15) is 0 Å². The molecule has 0 radical (unpaired) electrons. The number of pyridine rings is 1. The average Bonchev–Trinajstić information content (AvgIpc) is 2.49. The number of carbonyl (C=O) groups excluding carboxylic acids is 1. The second-order valence-electron chi connectivity index (χ2n) is 4.34. The van der Waals surface area contributed by atoms with Crippen molar-refractivity contribution in [3.05, 3.63) is 72.2 Å². The fraction of sp³-hybridized carbons (Fsp3) is 0. The van der Waals surface area contributed by atoms with Gasteiger partial charge in [0, 0.05) is 17.3 Å². The summed E-state index contributed by atoms with van der Waals surface area (Å²) in [7, 11) is 0. The minimum atomic E-state index is -0.336. The van der Waals surface area contributed by atoms with Gasteiger partial charge < -0.3 is 5.32 Å². The predicted octanol–water partition coefficient (Wildman–Crippen LogP) is 3.63. The van der Waals surface area contributed by atoms with Crippen LogP contribution in [0.5, 0.6) is 0 Å². The van der Waals surface area contributed by atoms with Crippen LogP contribution >= 0.6 is 0 Å². The molecule has 0 aliphatic heterocycles. The van der Waals surface area contributed by atoms with Gasteiger partial charge in [0.1, 0.15) is 5.82 Å². The zero-order valence-corrected chi connectivity index (χ0v) is 10.5. The second kappa shape index (κ2) is 5.09. The van der Waals surface area contributed by atoms with Gasteiger partial charge in [-0.15, -0.1) is 0 Å². The summed E-state index contributed by atoms with van der Waals surface area (Å²) in [5.41, 5.74) is 1.86. The van der Waals surface area contributed by atoms with Crippen molar-refractivity contribution in [2.45, 2.75) is 0 Å². The quantitative estimate of drug-likeness (QED) is 0.769. The molecule has 98 valence electrons. The molecular weight excluding hydrogens is 255 g/mol. The van der Waals surface area contributed by atoms with E-state index in [1.54, 1.807) is 12.3 Å². The number of amides is 1. The van der Waals surface area contributed by atoms with Crippen molar-refractivity contribution >= 4 is 22.5 Å². The molecule has 4 heteroatoms. The third-order valence-electron chi connectivity index (χ3n) is 3.00. The van der Waals surface area contributed by atoms with Gasteiger partial charge in [-0.1, -0.05) is 18.2 Å². The van der Waals surface area contributed by atoms with Crippen molar-refractivity contribution in [2.75, 3.05) is 5.32 Å². The van der Waals surface area contributed by atoms with Gasteiger partial charge in [0.15, 0.2) is 0 Å². The monoisotopic (exact) mass is 266 g/mol. The lowest BCUT2D eigenvalue weighted by atomic mass is 10.1. The molecule has 1 aromatic heterocycles. The van der Waals surface area contributed by atoms with Crippen LogP contribution in [-0.2, 0) is 0 Å². The fourth-order valence-electron chi connectivity index (χ4n) is 2.03. The Morgan fingerprint density at radius 3 is 2.55 bits per heavy atom. The fourth-order valence-corrected chi connectivity index (χ4v) is 2.03. The lowest BCUT2D eigenvalue weighted by molar-refractivity contribution is 0.102. The second-order valence-corrected chi connectivity index (χ2v) is 4.34. The Labute approximate surface area is 115 Å². The van der Waals surface area contributed by atoms with Gasteiger partial charge in [0.2, 0.25) is 0 Å². The molecule has 0 saturated heterocycles. The van der Waals surface area contributed by atoms with Crippen molar-refractivity contribution in [1.29, 1.82) is 0 Å². The van der Waals surface area contributed by atoms with Crippen molar-refractivity contribution in [1.82, 2.24) is 4.98 Å². The number of halogens is 1. The summed E-state index contributed by atoms with van der Waals surface area (Å²) in [6.07, 6.45) is 1.60. The van der Waals surface area contributed by atoms with E-state index < -0.39 is 0 Å². The molecule has 2 aromatic carbocycles. The summed E-state index contributed by atoms with van der Waals surface area (Å²) in [5.74, 6) is -0.576. The normalized spacial score (nSPS) is 10.4. The maximum atomic E-state index is 12.8. The Bertz CT molecular complexity index is 764. The highest BCUT2D eigenvalue weighted by Crippen LogP contribution is 2.18. The molecule has 3 rings (SSSR count). The number of aromatic nitrogens is 1. The minimum absolute atomic E-state index is 0.241. The number of nitrogens with one attached hydrogen (secondary N) is 1. The van der Waals surface area contributed by atoms with Gasteiger partial charge in [0.25, 0.3) is 5.91 Å². The molecule has 0 atom stereocenters. The number of carbonyl (C=O) groups is 1. The van der Waals surface area contributed by atoms with E-state index in [1.165, 1.54) is 24.3 Å². The Balaban J connectivity index is 1.94. The van der Waals surface area contributed by atoms with Crippen LogP contribution in [0.4, 0.5) is 10.1 Å². The zero-order chi connectivity index (χ0) is 13.9. The van der Waals surface area contributed by atoms with Gasteiger partial charge in [-0.05, 0) is 36.4 Å². The van der Waals surface area contributed by atoms with Crippen LogP contribution in [0.2, 0.25) is 0 Å². The van der Waals surface area contributed by atoms with E-state index in [4.69, 9.17) is 0 Å². The zero-order valence-electron chi connectivity index (χ0n) is 10.5. The molecule has 1 amide bonds. The van der Waals surface area contributed by atoms with E-state index >= 15 is 0 Å². The van der Waals surface area contributed by atoms with Crippen molar-refractivity contribution in [2.24, 2.45) is 0 Å². The molecule has 3 aromatic rings. The standard InChI is InChI=1S/C16H11FN2O/c17-11-5-7-12(8-6-11)19-16(20)14-9-10-18-15-4-2-1-3-13(14)15/h1-10H,(H,19,20). The van der Waals surface area contributed by atoms with Crippen molar-refractivity contribution in [3.63, 3.8) is 0 Å². The van der Waals surface area contributed by atoms with Crippen LogP contribution < -0.4 is 5.32 Å². The number of fused-ring (bicyclic) bond motifs is 1. The molecule has 0 bridgehead atoms. The largest absolute Gasteiger partial charge is 0.322 e. The van der Waals surface area contributed by atoms with Crippen LogP contribution in [0.3, 0.4) is 0 Å². The summed E-state index contributed by atoms with van der Waals surface area (Å²) in [6, 6.07) is 14.8. The lowest BCUT2D eigenvalue weighted by Gasteiger charge is -2.07. The van der Waals surface area contributed by atoms with E-state index in [0.29, 0.717) is 11.3 Å².